The van der Waals surface area contributed by atoms with Crippen molar-refractivity contribution >= 4 is 22.7 Å². The van der Waals surface area contributed by atoms with Crippen molar-refractivity contribution in [2.45, 2.75) is 43.9 Å². The first kappa shape index (κ1) is 17.1. The summed E-state index contributed by atoms with van der Waals surface area (Å²) in [5.41, 5.74) is 1.15. The van der Waals surface area contributed by atoms with Gasteiger partial charge in [0, 0.05) is 18.9 Å². The second kappa shape index (κ2) is 6.16. The van der Waals surface area contributed by atoms with Gasteiger partial charge in [-0.15, -0.1) is 0 Å². The van der Waals surface area contributed by atoms with Crippen molar-refractivity contribution in [2.75, 3.05) is 13.1 Å². The molecule has 0 saturated carbocycles. The SMILES string of the molecule is Cn1nc([C@@]2(C)CCC(=O)NC2=O)c2cc(F)c(C3CCNCC3)cc21. The van der Waals surface area contributed by atoms with Crippen LogP contribution >= 0.6 is 0 Å². The number of aromatic nitrogens is 2. The van der Waals surface area contributed by atoms with E-state index in [0.717, 1.165) is 37.0 Å². The van der Waals surface area contributed by atoms with Crippen LogP contribution in [0.25, 0.3) is 10.9 Å². The molecule has 3 heterocycles. The molecule has 2 amide bonds. The fourth-order valence-electron chi connectivity index (χ4n) is 4.18. The Morgan fingerprint density at radius 3 is 2.69 bits per heavy atom. The predicted octanol–water partition coefficient (Wildman–Crippen LogP) is 1.87. The summed E-state index contributed by atoms with van der Waals surface area (Å²) in [4.78, 5) is 24.0. The van der Waals surface area contributed by atoms with Gasteiger partial charge in [-0.2, -0.15) is 5.10 Å². The maximum atomic E-state index is 14.9. The van der Waals surface area contributed by atoms with Crippen LogP contribution in [0.2, 0.25) is 0 Å². The number of hydrogen-bond acceptors (Lipinski definition) is 4. The standard InChI is InChI=1S/C19H23FN4O2/c1-19(6-3-16(25)22-18(19)26)17-13-9-14(20)12(10-15(13)24(2)23-17)11-4-7-21-8-5-11/h9-11,21H,3-8H2,1-2H3,(H,22,25,26)/t19-/m1/s1. The van der Waals surface area contributed by atoms with Crippen LogP contribution in [-0.4, -0.2) is 34.7 Å². The zero-order valence-corrected chi connectivity index (χ0v) is 15.1. The number of aryl methyl sites for hydroxylation is 1. The molecular formula is C19H23FN4O2. The fourth-order valence-corrected chi connectivity index (χ4v) is 4.18. The van der Waals surface area contributed by atoms with Crippen molar-refractivity contribution in [1.29, 1.82) is 0 Å². The lowest BCUT2D eigenvalue weighted by molar-refractivity contribution is -0.137. The first-order valence-corrected chi connectivity index (χ1v) is 9.12. The predicted molar refractivity (Wildman–Crippen MR) is 95.3 cm³/mol. The van der Waals surface area contributed by atoms with Crippen molar-refractivity contribution in [2.24, 2.45) is 7.05 Å². The molecule has 1 aromatic carbocycles. The molecule has 7 heteroatoms. The molecule has 0 bridgehead atoms. The molecule has 2 saturated heterocycles. The number of rotatable bonds is 2. The van der Waals surface area contributed by atoms with E-state index >= 15 is 0 Å². The monoisotopic (exact) mass is 358 g/mol. The van der Waals surface area contributed by atoms with Crippen LogP contribution in [0.3, 0.4) is 0 Å². The van der Waals surface area contributed by atoms with Crippen molar-refractivity contribution in [3.8, 4) is 0 Å². The van der Waals surface area contributed by atoms with E-state index in [4.69, 9.17) is 0 Å². The van der Waals surface area contributed by atoms with Gasteiger partial charge in [-0.3, -0.25) is 19.6 Å². The lowest BCUT2D eigenvalue weighted by atomic mass is 9.77. The molecule has 2 aromatic rings. The Morgan fingerprint density at radius 1 is 1.27 bits per heavy atom. The number of nitrogens with zero attached hydrogens (tertiary/aromatic N) is 2. The maximum absolute atomic E-state index is 14.9. The number of benzene rings is 1. The third-order valence-corrected chi connectivity index (χ3v) is 5.88. The van der Waals surface area contributed by atoms with Crippen LogP contribution in [0.4, 0.5) is 4.39 Å². The summed E-state index contributed by atoms with van der Waals surface area (Å²) >= 11 is 0. The second-order valence-corrected chi connectivity index (χ2v) is 7.60. The number of nitrogens with one attached hydrogen (secondary N) is 2. The van der Waals surface area contributed by atoms with Gasteiger partial charge >= 0.3 is 0 Å². The minimum atomic E-state index is -0.934. The number of piperidine rings is 2. The van der Waals surface area contributed by atoms with E-state index in [1.54, 1.807) is 11.6 Å². The van der Waals surface area contributed by atoms with Crippen LogP contribution in [0.1, 0.15) is 49.8 Å². The number of halogens is 1. The molecule has 2 aliphatic heterocycles. The highest BCUT2D eigenvalue weighted by Crippen LogP contribution is 2.38. The molecule has 2 fully saturated rings. The zero-order chi connectivity index (χ0) is 18.5. The quantitative estimate of drug-likeness (QED) is 0.804. The Kier molecular flexibility index (Phi) is 4.06. The van der Waals surface area contributed by atoms with E-state index in [1.165, 1.54) is 6.07 Å². The third-order valence-electron chi connectivity index (χ3n) is 5.88. The summed E-state index contributed by atoms with van der Waals surface area (Å²) in [6, 6.07) is 3.40. The summed E-state index contributed by atoms with van der Waals surface area (Å²) < 4.78 is 16.6. The number of amides is 2. The molecule has 0 aliphatic carbocycles. The zero-order valence-electron chi connectivity index (χ0n) is 15.1. The molecule has 6 nitrogen and oxygen atoms in total. The lowest BCUT2D eigenvalue weighted by Gasteiger charge is -2.30. The van der Waals surface area contributed by atoms with E-state index in [1.807, 2.05) is 13.1 Å². The fraction of sp³-hybridized carbons (Fsp3) is 0.526. The summed E-state index contributed by atoms with van der Waals surface area (Å²) in [6.45, 7) is 3.56. The number of carbonyl (C=O) groups excluding carboxylic acids is 2. The third kappa shape index (κ3) is 2.61. The summed E-state index contributed by atoms with van der Waals surface area (Å²) in [5.74, 6) is -0.677. The average Bonchev–Trinajstić information content (AvgIpc) is 2.95. The molecule has 138 valence electrons. The smallest absolute Gasteiger partial charge is 0.238 e. The van der Waals surface area contributed by atoms with Gasteiger partial charge in [-0.1, -0.05) is 0 Å². The van der Waals surface area contributed by atoms with E-state index in [-0.39, 0.29) is 30.0 Å². The Hall–Kier alpha value is -2.28. The molecular weight excluding hydrogens is 335 g/mol. The van der Waals surface area contributed by atoms with Gasteiger partial charge in [-0.05, 0) is 62.9 Å². The number of imide groups is 1. The topological polar surface area (TPSA) is 76.0 Å². The Labute approximate surface area is 151 Å². The maximum Gasteiger partial charge on any atom is 0.238 e. The Morgan fingerprint density at radius 2 is 2.00 bits per heavy atom. The molecule has 4 rings (SSSR count). The minimum Gasteiger partial charge on any atom is -0.317 e. The van der Waals surface area contributed by atoms with E-state index in [2.05, 4.69) is 15.7 Å². The number of fused-ring (bicyclic) bond motifs is 1. The van der Waals surface area contributed by atoms with E-state index in [9.17, 15) is 14.0 Å². The van der Waals surface area contributed by atoms with Crippen LogP contribution in [0, 0.1) is 5.82 Å². The summed E-state index contributed by atoms with van der Waals surface area (Å²) in [7, 11) is 1.81. The van der Waals surface area contributed by atoms with Crippen molar-refractivity contribution in [3.63, 3.8) is 0 Å². The first-order chi connectivity index (χ1) is 12.4. The van der Waals surface area contributed by atoms with Crippen molar-refractivity contribution < 1.29 is 14.0 Å². The van der Waals surface area contributed by atoms with Crippen LogP contribution < -0.4 is 10.6 Å². The molecule has 2 N–H and O–H groups in total. The van der Waals surface area contributed by atoms with Crippen LogP contribution in [0.5, 0.6) is 0 Å². The first-order valence-electron chi connectivity index (χ1n) is 9.12. The van der Waals surface area contributed by atoms with Crippen LogP contribution in [-0.2, 0) is 22.1 Å². The van der Waals surface area contributed by atoms with Gasteiger partial charge in [0.25, 0.3) is 0 Å². The van der Waals surface area contributed by atoms with Crippen molar-refractivity contribution in [1.82, 2.24) is 20.4 Å². The lowest BCUT2D eigenvalue weighted by Crippen LogP contribution is -2.50. The molecule has 26 heavy (non-hydrogen) atoms. The number of carbonyl (C=O) groups is 2. The van der Waals surface area contributed by atoms with Crippen LogP contribution in [0.15, 0.2) is 12.1 Å². The molecule has 1 aromatic heterocycles. The van der Waals surface area contributed by atoms with E-state index in [0.29, 0.717) is 17.5 Å². The Balaban J connectivity index is 1.82. The highest BCUT2D eigenvalue weighted by molar-refractivity contribution is 6.04. The highest BCUT2D eigenvalue weighted by Gasteiger charge is 2.43. The molecule has 0 unspecified atom stereocenters. The normalized spacial score (nSPS) is 24.9. The average molecular weight is 358 g/mol. The van der Waals surface area contributed by atoms with Gasteiger partial charge < -0.3 is 5.32 Å². The van der Waals surface area contributed by atoms with E-state index < -0.39 is 5.41 Å². The van der Waals surface area contributed by atoms with Gasteiger partial charge in [-0.25, -0.2) is 4.39 Å². The van der Waals surface area contributed by atoms with Gasteiger partial charge in [0.1, 0.15) is 5.82 Å². The van der Waals surface area contributed by atoms with Gasteiger partial charge in [0.2, 0.25) is 11.8 Å². The highest BCUT2D eigenvalue weighted by atomic mass is 19.1. The molecule has 1 atom stereocenters. The molecule has 0 spiro atoms. The van der Waals surface area contributed by atoms with Crippen molar-refractivity contribution in [3.05, 3.63) is 29.2 Å². The summed E-state index contributed by atoms with van der Waals surface area (Å²) in [5, 5.41) is 10.9. The van der Waals surface area contributed by atoms with Gasteiger partial charge in [0.05, 0.1) is 16.6 Å². The van der Waals surface area contributed by atoms with Gasteiger partial charge in [0.15, 0.2) is 0 Å². The Bertz CT molecular complexity index is 901. The largest absolute Gasteiger partial charge is 0.317 e. The minimum absolute atomic E-state index is 0.199. The second-order valence-electron chi connectivity index (χ2n) is 7.60. The summed E-state index contributed by atoms with van der Waals surface area (Å²) in [6.07, 6.45) is 2.46. The molecule has 2 aliphatic rings. The number of hydrogen-bond donors (Lipinski definition) is 2. The molecule has 0 radical (unpaired) electrons.